The Bertz CT molecular complexity index is 1170. The van der Waals surface area contributed by atoms with E-state index in [4.69, 9.17) is 23.2 Å². The summed E-state index contributed by atoms with van der Waals surface area (Å²) in [4.78, 5) is 23.6. The molecule has 4 rings (SSSR count). The van der Waals surface area contributed by atoms with E-state index in [9.17, 15) is 9.18 Å². The van der Waals surface area contributed by atoms with E-state index in [-0.39, 0.29) is 23.0 Å². The molecule has 0 bridgehead atoms. The topological polar surface area (TPSA) is 46.1 Å². The fourth-order valence-electron chi connectivity index (χ4n) is 2.69. The third kappa shape index (κ3) is 3.85. The molecule has 8 heteroatoms. The van der Waals surface area contributed by atoms with Crippen LogP contribution in [0.25, 0.3) is 10.2 Å². The number of carbonyl (C=O) groups excluding carboxylic acids is 1. The maximum Gasteiger partial charge on any atom is 0.261 e. The van der Waals surface area contributed by atoms with E-state index in [0.717, 1.165) is 16.3 Å². The Labute approximate surface area is 174 Å². The second-order valence-electron chi connectivity index (χ2n) is 5.95. The molecule has 0 unspecified atom stereocenters. The Morgan fingerprint density at radius 2 is 1.96 bits per heavy atom. The number of fused-ring (bicyclic) bond motifs is 1. The Morgan fingerprint density at radius 3 is 2.71 bits per heavy atom. The van der Waals surface area contributed by atoms with E-state index >= 15 is 0 Å². The number of halogens is 3. The lowest BCUT2D eigenvalue weighted by molar-refractivity contribution is 0.0985. The van der Waals surface area contributed by atoms with E-state index in [0.29, 0.717) is 15.8 Å². The molecule has 140 valence electrons. The number of pyridine rings is 1. The molecule has 0 aliphatic rings. The number of rotatable bonds is 4. The highest BCUT2D eigenvalue weighted by Gasteiger charge is 2.24. The fourth-order valence-corrected chi connectivity index (χ4v) is 4.18. The van der Waals surface area contributed by atoms with Crippen LogP contribution in [0, 0.1) is 5.82 Å². The van der Waals surface area contributed by atoms with Crippen LogP contribution >= 0.6 is 34.5 Å². The largest absolute Gasteiger partial charge is 0.278 e. The summed E-state index contributed by atoms with van der Waals surface area (Å²) in [5, 5.41) is 1.11. The summed E-state index contributed by atoms with van der Waals surface area (Å²) in [5.41, 5.74) is 1.61. The van der Waals surface area contributed by atoms with Gasteiger partial charge in [-0.3, -0.25) is 14.7 Å². The van der Waals surface area contributed by atoms with Gasteiger partial charge in [0.15, 0.2) is 5.13 Å². The first kappa shape index (κ1) is 18.8. The minimum absolute atomic E-state index is 0.0418. The molecule has 2 aromatic heterocycles. The molecule has 28 heavy (non-hydrogen) atoms. The maximum absolute atomic E-state index is 13.4. The summed E-state index contributed by atoms with van der Waals surface area (Å²) in [7, 11) is 0. The first-order valence-electron chi connectivity index (χ1n) is 8.24. The zero-order valence-electron chi connectivity index (χ0n) is 14.3. The van der Waals surface area contributed by atoms with E-state index in [2.05, 4.69) is 9.97 Å². The monoisotopic (exact) mass is 431 g/mol. The van der Waals surface area contributed by atoms with Crippen molar-refractivity contribution >= 4 is 55.8 Å². The van der Waals surface area contributed by atoms with Gasteiger partial charge < -0.3 is 0 Å². The summed E-state index contributed by atoms with van der Waals surface area (Å²) in [5.74, 6) is -0.895. The summed E-state index contributed by atoms with van der Waals surface area (Å²) in [6.07, 6.45) is 1.65. The number of aromatic nitrogens is 2. The number of nitrogens with zero attached hydrogens (tertiary/aromatic N) is 3. The van der Waals surface area contributed by atoms with Crippen molar-refractivity contribution in [2.24, 2.45) is 0 Å². The Morgan fingerprint density at radius 1 is 1.11 bits per heavy atom. The van der Waals surface area contributed by atoms with Crippen molar-refractivity contribution in [1.82, 2.24) is 9.97 Å². The normalized spacial score (nSPS) is 11.0. The summed E-state index contributed by atoms with van der Waals surface area (Å²) >= 11 is 13.5. The van der Waals surface area contributed by atoms with Crippen LogP contribution in [-0.2, 0) is 6.54 Å². The molecule has 0 saturated carbocycles. The summed E-state index contributed by atoms with van der Waals surface area (Å²) < 4.78 is 14.3. The molecular formula is C20H12Cl2FN3OS. The van der Waals surface area contributed by atoms with Crippen LogP contribution in [0.1, 0.15) is 16.1 Å². The number of hydrogen-bond donors (Lipinski definition) is 0. The van der Waals surface area contributed by atoms with Crippen molar-refractivity contribution in [1.29, 1.82) is 0 Å². The van der Waals surface area contributed by atoms with Gasteiger partial charge in [0.2, 0.25) is 0 Å². The number of amides is 1. The van der Waals surface area contributed by atoms with Crippen LogP contribution in [0.3, 0.4) is 0 Å². The Hall–Kier alpha value is -2.54. The molecule has 4 aromatic rings. The molecule has 0 N–H and O–H groups in total. The molecule has 0 saturated heterocycles. The highest BCUT2D eigenvalue weighted by Crippen LogP contribution is 2.33. The zero-order valence-corrected chi connectivity index (χ0v) is 16.6. The molecule has 4 nitrogen and oxygen atoms in total. The number of carbonyl (C=O) groups is 1. The molecule has 0 spiro atoms. The van der Waals surface area contributed by atoms with Gasteiger partial charge in [-0.2, -0.15) is 0 Å². The van der Waals surface area contributed by atoms with Crippen molar-refractivity contribution in [3.05, 3.63) is 87.9 Å². The minimum Gasteiger partial charge on any atom is -0.278 e. The Kier molecular flexibility index (Phi) is 5.26. The first-order valence-corrected chi connectivity index (χ1v) is 9.81. The van der Waals surface area contributed by atoms with Gasteiger partial charge in [0.1, 0.15) is 5.82 Å². The highest BCUT2D eigenvalue weighted by atomic mass is 35.5. The fraction of sp³-hybridized carbons (Fsp3) is 0.0500. The first-order chi connectivity index (χ1) is 13.5. The molecule has 1 amide bonds. The predicted octanol–water partition coefficient (Wildman–Crippen LogP) is 5.98. The number of thiazole rings is 1. The van der Waals surface area contributed by atoms with Crippen molar-refractivity contribution in [2.45, 2.75) is 6.54 Å². The molecule has 0 radical (unpaired) electrons. The molecule has 0 atom stereocenters. The van der Waals surface area contributed by atoms with Crippen LogP contribution < -0.4 is 4.90 Å². The van der Waals surface area contributed by atoms with Gasteiger partial charge in [0.05, 0.1) is 33.0 Å². The summed E-state index contributed by atoms with van der Waals surface area (Å²) in [6.45, 7) is 0.195. The second-order valence-corrected chi connectivity index (χ2v) is 7.80. The van der Waals surface area contributed by atoms with Gasteiger partial charge in [-0.1, -0.05) is 40.6 Å². The molecule has 2 heterocycles. The number of benzene rings is 2. The average Bonchev–Trinajstić information content (AvgIpc) is 3.09. The van der Waals surface area contributed by atoms with E-state index in [1.165, 1.54) is 28.4 Å². The zero-order chi connectivity index (χ0) is 19.7. The molecule has 2 aromatic carbocycles. The van der Waals surface area contributed by atoms with E-state index < -0.39 is 5.82 Å². The third-order valence-corrected chi connectivity index (χ3v) is 5.61. The van der Waals surface area contributed by atoms with Gasteiger partial charge in [0, 0.05) is 11.2 Å². The van der Waals surface area contributed by atoms with Gasteiger partial charge in [0.25, 0.3) is 5.91 Å². The van der Waals surface area contributed by atoms with Crippen LogP contribution in [0.5, 0.6) is 0 Å². The molecular weight excluding hydrogens is 420 g/mol. The van der Waals surface area contributed by atoms with E-state index in [1.54, 1.807) is 30.5 Å². The van der Waals surface area contributed by atoms with Crippen LogP contribution in [0.15, 0.2) is 60.8 Å². The lowest BCUT2D eigenvalue weighted by Crippen LogP contribution is -2.31. The maximum atomic E-state index is 13.4. The third-order valence-electron chi connectivity index (χ3n) is 4.02. The molecule has 0 fully saturated rings. The van der Waals surface area contributed by atoms with Crippen LogP contribution in [0.2, 0.25) is 10.0 Å². The number of anilines is 1. The number of hydrogen-bond acceptors (Lipinski definition) is 4. The summed E-state index contributed by atoms with van der Waals surface area (Å²) in [6, 6.07) is 14.5. The Balaban J connectivity index is 1.79. The van der Waals surface area contributed by atoms with Crippen molar-refractivity contribution in [3.8, 4) is 0 Å². The van der Waals surface area contributed by atoms with Gasteiger partial charge in [-0.15, -0.1) is 0 Å². The van der Waals surface area contributed by atoms with Crippen molar-refractivity contribution in [3.63, 3.8) is 0 Å². The van der Waals surface area contributed by atoms with Crippen LogP contribution in [-0.4, -0.2) is 15.9 Å². The molecule has 0 aliphatic carbocycles. The lowest BCUT2D eigenvalue weighted by Gasteiger charge is -2.20. The second kappa shape index (κ2) is 7.83. The smallest absolute Gasteiger partial charge is 0.261 e. The highest BCUT2D eigenvalue weighted by molar-refractivity contribution is 7.22. The van der Waals surface area contributed by atoms with Gasteiger partial charge in [-0.05, 0) is 48.5 Å². The van der Waals surface area contributed by atoms with Crippen LogP contribution in [0.4, 0.5) is 9.52 Å². The lowest BCUT2D eigenvalue weighted by atomic mass is 10.2. The van der Waals surface area contributed by atoms with Crippen molar-refractivity contribution < 1.29 is 9.18 Å². The SMILES string of the molecule is O=C(c1ccc(F)cc1Cl)N(Cc1ccccn1)c1nc2ccc(Cl)cc2s1. The minimum atomic E-state index is -0.507. The van der Waals surface area contributed by atoms with Gasteiger partial charge >= 0.3 is 0 Å². The standard InChI is InChI=1S/C20H12Cl2FN3OS/c21-12-4-7-17-18(9-12)28-20(25-17)26(11-14-3-1-2-8-24-14)19(27)15-6-5-13(23)10-16(15)22/h1-10H,11H2. The van der Waals surface area contributed by atoms with E-state index in [1.807, 2.05) is 12.1 Å². The average molecular weight is 432 g/mol. The molecule has 0 aliphatic heterocycles. The van der Waals surface area contributed by atoms with Gasteiger partial charge in [-0.25, -0.2) is 9.37 Å². The quantitative estimate of drug-likeness (QED) is 0.398. The predicted molar refractivity (Wildman–Crippen MR) is 111 cm³/mol. The van der Waals surface area contributed by atoms with Crippen molar-refractivity contribution in [2.75, 3.05) is 4.90 Å².